The Morgan fingerprint density at radius 1 is 1.10 bits per heavy atom. The van der Waals surface area contributed by atoms with Gasteiger partial charge in [0.2, 0.25) is 5.95 Å². The van der Waals surface area contributed by atoms with Gasteiger partial charge in [-0.25, -0.2) is 18.9 Å². The van der Waals surface area contributed by atoms with Crippen molar-refractivity contribution in [2.45, 2.75) is 24.0 Å². The average molecular weight is 462 g/mol. The van der Waals surface area contributed by atoms with Gasteiger partial charge in [0.15, 0.2) is 15.7 Å². The van der Waals surface area contributed by atoms with Crippen LogP contribution in [0.4, 0.5) is 23.1 Å². The molecule has 0 atom stereocenters. The van der Waals surface area contributed by atoms with Crippen molar-refractivity contribution in [3.63, 3.8) is 0 Å². The van der Waals surface area contributed by atoms with Crippen LogP contribution in [0.3, 0.4) is 0 Å². The smallest absolute Gasteiger partial charge is 0.274 e. The Morgan fingerprint density at radius 3 is 2.55 bits per heavy atom. The molecule has 0 bridgehead atoms. The minimum absolute atomic E-state index is 0.136. The number of hydrogen-bond acceptors (Lipinski definition) is 8. The number of rotatable bonds is 7. The molecule has 1 aromatic heterocycles. The molecule has 162 valence electrons. The van der Waals surface area contributed by atoms with E-state index in [-0.39, 0.29) is 27.2 Å². The molecule has 1 amide bonds. The second kappa shape index (κ2) is 9.29. The summed E-state index contributed by atoms with van der Waals surface area (Å²) in [5.74, 6) is -0.293. The molecule has 3 aromatic rings. The third-order valence-corrected chi connectivity index (χ3v) is 6.78. The number of nitrogens with one attached hydrogen (secondary N) is 3. The molecule has 4 N–H and O–H groups in total. The number of hydrogen-bond donors (Lipinski definition) is 4. The van der Waals surface area contributed by atoms with E-state index in [9.17, 15) is 13.2 Å². The number of halogens is 1. The molecule has 31 heavy (non-hydrogen) atoms. The lowest BCUT2D eigenvalue weighted by Crippen LogP contribution is -2.18. The summed E-state index contributed by atoms with van der Waals surface area (Å²) in [7, 11) is -3.54. The molecular weight excluding hydrogens is 442 g/mol. The number of aromatic nitrogens is 2. The van der Waals surface area contributed by atoms with Crippen molar-refractivity contribution in [1.29, 1.82) is 0 Å². The third kappa shape index (κ3) is 5.10. The van der Waals surface area contributed by atoms with Crippen molar-refractivity contribution < 1.29 is 18.4 Å². The summed E-state index contributed by atoms with van der Waals surface area (Å²) in [6.07, 6.45) is 1.36. The summed E-state index contributed by atoms with van der Waals surface area (Å²) in [5, 5.41) is 14.3. The van der Waals surface area contributed by atoms with Crippen LogP contribution in [0.15, 0.2) is 59.6 Å². The van der Waals surface area contributed by atoms with E-state index in [1.165, 1.54) is 24.4 Å². The van der Waals surface area contributed by atoms with E-state index in [4.69, 9.17) is 16.8 Å². The number of nitrogens with zero attached hydrogens (tertiary/aromatic N) is 2. The van der Waals surface area contributed by atoms with Crippen LogP contribution in [0.2, 0.25) is 5.02 Å². The lowest BCUT2D eigenvalue weighted by atomic mass is 10.2. The first kappa shape index (κ1) is 22.5. The van der Waals surface area contributed by atoms with Crippen molar-refractivity contribution >= 4 is 50.5 Å². The van der Waals surface area contributed by atoms with Crippen LogP contribution in [0.5, 0.6) is 0 Å². The summed E-state index contributed by atoms with van der Waals surface area (Å²) in [6, 6.07) is 12.8. The van der Waals surface area contributed by atoms with Gasteiger partial charge in [-0.3, -0.25) is 10.0 Å². The first-order chi connectivity index (χ1) is 14.7. The molecule has 0 spiro atoms. The van der Waals surface area contributed by atoms with Crippen LogP contribution in [0.25, 0.3) is 0 Å². The second-order valence-electron chi connectivity index (χ2n) is 6.75. The van der Waals surface area contributed by atoms with Crippen molar-refractivity contribution in [2.24, 2.45) is 0 Å². The number of amides is 1. The van der Waals surface area contributed by atoms with Crippen LogP contribution in [-0.2, 0) is 9.84 Å². The van der Waals surface area contributed by atoms with Gasteiger partial charge in [-0.1, -0.05) is 29.8 Å². The van der Waals surface area contributed by atoms with E-state index in [0.717, 1.165) is 0 Å². The Labute approximate surface area is 184 Å². The highest BCUT2D eigenvalue weighted by molar-refractivity contribution is 7.92. The molecular formula is C20H20ClN5O4S. The zero-order valence-corrected chi connectivity index (χ0v) is 18.2. The van der Waals surface area contributed by atoms with Crippen molar-refractivity contribution in [1.82, 2.24) is 15.4 Å². The maximum Gasteiger partial charge on any atom is 0.274 e. The Morgan fingerprint density at radius 2 is 1.84 bits per heavy atom. The van der Waals surface area contributed by atoms with Crippen molar-refractivity contribution in [2.75, 3.05) is 10.6 Å². The molecule has 0 fully saturated rings. The summed E-state index contributed by atoms with van der Waals surface area (Å²) < 4.78 is 25.4. The summed E-state index contributed by atoms with van der Waals surface area (Å²) in [4.78, 5) is 20.1. The van der Waals surface area contributed by atoms with E-state index in [0.29, 0.717) is 11.4 Å². The SMILES string of the molecule is CC(C)S(=O)(=O)c1ccccc1Nc1nc(Nc2cccc(C(=O)NO)c2)ncc1Cl. The molecule has 0 aliphatic heterocycles. The first-order valence-electron chi connectivity index (χ1n) is 9.16. The van der Waals surface area contributed by atoms with E-state index in [1.54, 1.807) is 49.7 Å². The Balaban J connectivity index is 1.91. The normalized spacial score (nSPS) is 11.3. The van der Waals surface area contributed by atoms with Gasteiger partial charge in [-0.15, -0.1) is 0 Å². The van der Waals surface area contributed by atoms with Crippen LogP contribution < -0.4 is 16.1 Å². The topological polar surface area (TPSA) is 133 Å². The number of benzene rings is 2. The van der Waals surface area contributed by atoms with Crippen LogP contribution >= 0.6 is 11.6 Å². The third-order valence-electron chi connectivity index (χ3n) is 4.29. The molecule has 0 aliphatic rings. The Bertz CT molecular complexity index is 1220. The molecule has 0 saturated carbocycles. The first-order valence-corrected chi connectivity index (χ1v) is 11.1. The number of sulfone groups is 1. The molecule has 1 heterocycles. The minimum atomic E-state index is -3.54. The summed E-state index contributed by atoms with van der Waals surface area (Å²) in [5.41, 5.74) is 2.63. The highest BCUT2D eigenvalue weighted by Gasteiger charge is 2.23. The van der Waals surface area contributed by atoms with E-state index in [2.05, 4.69) is 20.6 Å². The maximum absolute atomic E-state index is 12.7. The predicted molar refractivity (Wildman–Crippen MR) is 118 cm³/mol. The maximum atomic E-state index is 12.7. The zero-order chi connectivity index (χ0) is 22.6. The second-order valence-corrected chi connectivity index (χ2v) is 9.63. The van der Waals surface area contributed by atoms with Crippen molar-refractivity contribution in [3.05, 3.63) is 65.3 Å². The lowest BCUT2D eigenvalue weighted by molar-refractivity contribution is 0.0706. The fourth-order valence-electron chi connectivity index (χ4n) is 2.65. The molecule has 0 aliphatic carbocycles. The quantitative estimate of drug-likeness (QED) is 0.307. The minimum Gasteiger partial charge on any atom is -0.338 e. The lowest BCUT2D eigenvalue weighted by Gasteiger charge is -2.15. The zero-order valence-electron chi connectivity index (χ0n) is 16.6. The highest BCUT2D eigenvalue weighted by Crippen LogP contribution is 2.30. The molecule has 11 heteroatoms. The monoisotopic (exact) mass is 461 g/mol. The van der Waals surface area contributed by atoms with Gasteiger partial charge < -0.3 is 10.6 Å². The molecule has 3 rings (SSSR count). The highest BCUT2D eigenvalue weighted by atomic mass is 35.5. The van der Waals surface area contributed by atoms with Crippen LogP contribution in [0.1, 0.15) is 24.2 Å². The van der Waals surface area contributed by atoms with Crippen LogP contribution in [-0.4, -0.2) is 34.8 Å². The number of hydroxylamine groups is 1. The number of para-hydroxylation sites is 1. The molecule has 9 nitrogen and oxygen atoms in total. The Kier molecular flexibility index (Phi) is 6.74. The summed E-state index contributed by atoms with van der Waals surface area (Å²) in [6.45, 7) is 3.22. The fourth-order valence-corrected chi connectivity index (χ4v) is 3.99. The van der Waals surface area contributed by atoms with Gasteiger partial charge in [-0.05, 0) is 44.2 Å². The fraction of sp³-hybridized carbons (Fsp3) is 0.150. The Hall–Kier alpha value is -3.21. The molecule has 2 aromatic carbocycles. The van der Waals surface area contributed by atoms with Crippen LogP contribution in [0, 0.1) is 0 Å². The van der Waals surface area contributed by atoms with Gasteiger partial charge in [-0.2, -0.15) is 4.98 Å². The number of carbonyl (C=O) groups is 1. The largest absolute Gasteiger partial charge is 0.338 e. The van der Waals surface area contributed by atoms with Crippen molar-refractivity contribution in [3.8, 4) is 0 Å². The van der Waals surface area contributed by atoms with E-state index < -0.39 is 21.0 Å². The van der Waals surface area contributed by atoms with E-state index >= 15 is 0 Å². The average Bonchev–Trinajstić information content (AvgIpc) is 2.76. The standard InChI is InChI=1S/C20H20ClN5O4S/c1-12(2)31(29,30)17-9-4-3-8-16(17)24-18-15(21)11-22-20(25-18)23-14-7-5-6-13(10-14)19(27)26-28/h3-12,28H,1-2H3,(H,26,27)(H2,22,23,24,25). The molecule has 0 saturated heterocycles. The van der Waals surface area contributed by atoms with Gasteiger partial charge >= 0.3 is 0 Å². The van der Waals surface area contributed by atoms with Gasteiger partial charge in [0.25, 0.3) is 5.91 Å². The summed E-state index contributed by atoms with van der Waals surface area (Å²) >= 11 is 6.22. The van der Waals surface area contributed by atoms with Gasteiger partial charge in [0, 0.05) is 11.3 Å². The van der Waals surface area contributed by atoms with Gasteiger partial charge in [0.05, 0.1) is 22.0 Å². The molecule has 0 radical (unpaired) electrons. The number of carbonyl (C=O) groups excluding carboxylic acids is 1. The predicted octanol–water partition coefficient (Wildman–Crippen LogP) is 3.92. The molecule has 0 unspecified atom stereocenters. The van der Waals surface area contributed by atoms with E-state index in [1.807, 2.05) is 0 Å². The van der Waals surface area contributed by atoms with Gasteiger partial charge in [0.1, 0.15) is 5.02 Å². The number of anilines is 4.